The van der Waals surface area contributed by atoms with Gasteiger partial charge in [-0.05, 0) is 0 Å². The largest absolute Gasteiger partial charge is 0.270 e. The molecule has 0 amide bonds. The van der Waals surface area contributed by atoms with Gasteiger partial charge in [0.25, 0.3) is 6.71 Å². The molecule has 1 saturated heterocycles. The average molecular weight is 121 g/mol. The van der Waals surface area contributed by atoms with E-state index in [1.54, 1.807) is 0 Å². The molecule has 0 aromatic carbocycles. The van der Waals surface area contributed by atoms with E-state index in [-0.39, 0.29) is 0 Å². The molecule has 1 rings (SSSR count). The molecule has 1 fully saturated rings. The van der Waals surface area contributed by atoms with E-state index in [9.17, 15) is 0 Å². The first-order valence-corrected chi connectivity index (χ1v) is 3.74. The summed E-state index contributed by atoms with van der Waals surface area (Å²) in [5, 5.41) is 8.61. The van der Waals surface area contributed by atoms with Crippen molar-refractivity contribution in [3.8, 4) is 5.97 Å². The van der Waals surface area contributed by atoms with Crippen molar-refractivity contribution in [2.45, 2.75) is 38.3 Å². The molecule has 1 aliphatic rings. The summed E-state index contributed by atoms with van der Waals surface area (Å²) in [7, 11) is 0. The quantitative estimate of drug-likeness (QED) is 0.450. The third-order valence-electron chi connectivity index (χ3n) is 2.28. The maximum Gasteiger partial charge on any atom is 0.270 e. The molecule has 2 heteroatoms. The Bertz CT molecular complexity index is 127. The van der Waals surface area contributed by atoms with Crippen LogP contribution in [0.3, 0.4) is 0 Å². The van der Waals surface area contributed by atoms with Crippen molar-refractivity contribution in [3.63, 3.8) is 0 Å². The van der Waals surface area contributed by atoms with E-state index in [0.29, 0.717) is 12.5 Å². The SMILES string of the molecule is CC1CCCCB1C#N. The summed E-state index contributed by atoms with van der Waals surface area (Å²) in [5.41, 5.74) is 0. The minimum absolute atomic E-state index is 0.360. The van der Waals surface area contributed by atoms with E-state index in [4.69, 9.17) is 5.26 Å². The van der Waals surface area contributed by atoms with Crippen molar-refractivity contribution in [1.29, 1.82) is 5.26 Å². The fourth-order valence-corrected chi connectivity index (χ4v) is 1.51. The number of nitrogens with zero attached hydrogens (tertiary/aromatic N) is 1. The van der Waals surface area contributed by atoms with Crippen LogP contribution in [0.2, 0.25) is 12.1 Å². The molecule has 1 atom stereocenters. The van der Waals surface area contributed by atoms with Crippen LogP contribution in [-0.2, 0) is 0 Å². The summed E-state index contributed by atoms with van der Waals surface area (Å²) in [4.78, 5) is 0. The molecule has 1 unspecified atom stereocenters. The van der Waals surface area contributed by atoms with Crippen LogP contribution in [0.4, 0.5) is 0 Å². The number of hydrogen-bond donors (Lipinski definition) is 0. The minimum atomic E-state index is 0.360. The van der Waals surface area contributed by atoms with Crippen LogP contribution >= 0.6 is 0 Å². The van der Waals surface area contributed by atoms with Crippen LogP contribution in [0, 0.1) is 11.2 Å². The van der Waals surface area contributed by atoms with Gasteiger partial charge in [0, 0.05) is 5.97 Å². The molecule has 0 aromatic heterocycles. The molecular weight excluding hydrogens is 109 g/mol. The molecule has 48 valence electrons. The van der Waals surface area contributed by atoms with Gasteiger partial charge >= 0.3 is 0 Å². The van der Waals surface area contributed by atoms with Crippen LogP contribution in [0.25, 0.3) is 0 Å². The summed E-state index contributed by atoms with van der Waals surface area (Å²) in [6, 6.07) is 0. The second-order valence-electron chi connectivity index (χ2n) is 3.00. The van der Waals surface area contributed by atoms with Crippen LogP contribution in [0.15, 0.2) is 0 Å². The Kier molecular flexibility index (Phi) is 2.16. The molecule has 0 radical (unpaired) electrons. The topological polar surface area (TPSA) is 23.8 Å². The highest BCUT2D eigenvalue weighted by Crippen LogP contribution is 2.27. The van der Waals surface area contributed by atoms with E-state index >= 15 is 0 Å². The monoisotopic (exact) mass is 121 g/mol. The van der Waals surface area contributed by atoms with Crippen molar-refractivity contribution in [1.82, 2.24) is 0 Å². The average Bonchev–Trinajstić information content (AvgIpc) is 1.89. The molecule has 9 heavy (non-hydrogen) atoms. The molecule has 1 nitrogen and oxygen atoms in total. The van der Waals surface area contributed by atoms with E-state index in [0.717, 1.165) is 6.32 Å². The van der Waals surface area contributed by atoms with E-state index in [1.807, 2.05) is 0 Å². The van der Waals surface area contributed by atoms with Crippen molar-refractivity contribution < 1.29 is 0 Å². The lowest BCUT2D eigenvalue weighted by Crippen LogP contribution is -2.20. The van der Waals surface area contributed by atoms with E-state index < -0.39 is 0 Å². The molecule has 0 aliphatic carbocycles. The van der Waals surface area contributed by atoms with Crippen molar-refractivity contribution >= 4 is 6.71 Å². The number of rotatable bonds is 0. The molecular formula is C7H12BN. The number of hydrogen-bond acceptors (Lipinski definition) is 1. The highest BCUT2D eigenvalue weighted by atomic mass is 14.2. The van der Waals surface area contributed by atoms with Gasteiger partial charge in [-0.25, -0.2) is 5.26 Å². The van der Waals surface area contributed by atoms with Crippen LogP contribution < -0.4 is 0 Å². The summed E-state index contributed by atoms with van der Waals surface area (Å²) in [6.07, 6.45) is 5.00. The van der Waals surface area contributed by atoms with Gasteiger partial charge in [-0.3, -0.25) is 0 Å². The Labute approximate surface area is 57.1 Å². The standard InChI is InChI=1S/C7H12BN/c1-7-4-2-3-5-8(7)6-9/h7H,2-5H2,1H3. The normalized spacial score (nSPS) is 27.6. The molecule has 0 saturated carbocycles. The lowest BCUT2D eigenvalue weighted by Gasteiger charge is -2.19. The van der Waals surface area contributed by atoms with Crippen LogP contribution in [0.5, 0.6) is 0 Å². The lowest BCUT2D eigenvalue weighted by molar-refractivity contribution is 0.651. The third-order valence-corrected chi connectivity index (χ3v) is 2.28. The first kappa shape index (κ1) is 6.67. The zero-order chi connectivity index (χ0) is 6.69. The maximum atomic E-state index is 8.61. The van der Waals surface area contributed by atoms with E-state index in [1.165, 1.54) is 19.3 Å². The van der Waals surface area contributed by atoms with Crippen LogP contribution in [0.1, 0.15) is 26.2 Å². The zero-order valence-electron chi connectivity index (χ0n) is 5.93. The highest BCUT2D eigenvalue weighted by molar-refractivity contribution is 6.68. The predicted molar refractivity (Wildman–Crippen MR) is 39.4 cm³/mol. The lowest BCUT2D eigenvalue weighted by atomic mass is 9.37. The van der Waals surface area contributed by atoms with Gasteiger partial charge in [0.2, 0.25) is 0 Å². The summed E-state index contributed by atoms with van der Waals surface area (Å²) in [5.74, 6) is 3.01. The number of nitriles is 1. The molecule has 0 bridgehead atoms. The predicted octanol–water partition coefficient (Wildman–Crippen LogP) is 2.12. The van der Waals surface area contributed by atoms with Crippen molar-refractivity contribution in [3.05, 3.63) is 0 Å². The maximum absolute atomic E-state index is 8.61. The third kappa shape index (κ3) is 1.48. The molecule has 1 heterocycles. The Balaban J connectivity index is 2.41. The minimum Gasteiger partial charge on any atom is -0.213 e. The highest BCUT2D eigenvalue weighted by Gasteiger charge is 2.24. The first-order valence-electron chi connectivity index (χ1n) is 3.74. The zero-order valence-corrected chi connectivity index (χ0v) is 5.93. The van der Waals surface area contributed by atoms with Gasteiger partial charge in [-0.1, -0.05) is 38.3 Å². The second kappa shape index (κ2) is 2.91. The Hall–Kier alpha value is -0.445. The molecule has 0 N–H and O–H groups in total. The van der Waals surface area contributed by atoms with Gasteiger partial charge < -0.3 is 0 Å². The van der Waals surface area contributed by atoms with Gasteiger partial charge in [0.15, 0.2) is 0 Å². The Morgan fingerprint density at radius 2 is 2.33 bits per heavy atom. The fourth-order valence-electron chi connectivity index (χ4n) is 1.51. The molecule has 0 spiro atoms. The fraction of sp³-hybridized carbons (Fsp3) is 0.857. The summed E-state index contributed by atoms with van der Waals surface area (Å²) >= 11 is 0. The second-order valence-corrected chi connectivity index (χ2v) is 3.00. The van der Waals surface area contributed by atoms with Crippen molar-refractivity contribution in [2.75, 3.05) is 0 Å². The smallest absolute Gasteiger partial charge is 0.213 e. The summed E-state index contributed by atoms with van der Waals surface area (Å²) < 4.78 is 0. The van der Waals surface area contributed by atoms with E-state index in [2.05, 4.69) is 12.9 Å². The van der Waals surface area contributed by atoms with Gasteiger partial charge in [-0.2, -0.15) is 0 Å². The van der Waals surface area contributed by atoms with Crippen LogP contribution in [-0.4, -0.2) is 6.71 Å². The van der Waals surface area contributed by atoms with Gasteiger partial charge in [0.1, 0.15) is 0 Å². The van der Waals surface area contributed by atoms with Crippen molar-refractivity contribution in [2.24, 2.45) is 0 Å². The van der Waals surface area contributed by atoms with Gasteiger partial charge in [0.05, 0.1) is 0 Å². The molecule has 1 aliphatic heterocycles. The Morgan fingerprint density at radius 1 is 1.56 bits per heavy atom. The molecule has 0 aromatic rings. The van der Waals surface area contributed by atoms with Gasteiger partial charge in [-0.15, -0.1) is 0 Å². The first-order chi connectivity index (χ1) is 4.34. The summed E-state index contributed by atoms with van der Waals surface area (Å²) in [6.45, 7) is 2.55. The Morgan fingerprint density at radius 3 is 2.78 bits per heavy atom.